The average molecular weight is 1210 g/mol. The first-order valence-electron chi connectivity index (χ1n) is 33.1. The molecule has 95 heavy (non-hydrogen) atoms. The quantitative estimate of drug-likeness (QED) is 0.125. The first-order chi connectivity index (χ1) is 47.1. The summed E-state index contributed by atoms with van der Waals surface area (Å²) in [5.74, 6) is 0. The van der Waals surface area contributed by atoms with E-state index in [0.29, 0.717) is 0 Å². The molecule has 0 unspecified atom stereocenters. The van der Waals surface area contributed by atoms with E-state index in [4.69, 9.17) is 0 Å². The second-order valence-corrected chi connectivity index (χ2v) is 25.7. The molecule has 0 fully saturated rings. The van der Waals surface area contributed by atoms with E-state index in [1.807, 2.05) is 0 Å². The molecular weight excluding hydrogens is 1150 g/mol. The molecule has 0 aliphatic heterocycles. The highest BCUT2D eigenvalue weighted by molar-refractivity contribution is 6.11. The predicted octanol–water partition coefficient (Wildman–Crippen LogP) is 23.0. The van der Waals surface area contributed by atoms with E-state index in [9.17, 15) is 0 Å². The van der Waals surface area contributed by atoms with Crippen LogP contribution in [0.15, 0.2) is 376 Å². The Hall–Kier alpha value is -12.1. The normalized spacial score (nSPS) is 13.9. The first-order valence-corrected chi connectivity index (χ1v) is 33.1. The molecule has 444 valence electrons. The van der Waals surface area contributed by atoms with Gasteiger partial charge < -0.3 is 9.47 Å². The highest BCUT2D eigenvalue weighted by Crippen LogP contribution is 2.61. The van der Waals surface area contributed by atoms with Crippen molar-refractivity contribution in [2.24, 2.45) is 0 Å². The number of nitrogens with zero attached hydrogens (tertiary/aromatic N) is 2. The molecule has 0 N–H and O–H groups in total. The Morgan fingerprint density at radius 3 is 0.905 bits per heavy atom. The second kappa shape index (κ2) is 21.5. The van der Waals surface area contributed by atoms with Gasteiger partial charge in [0.25, 0.3) is 0 Å². The van der Waals surface area contributed by atoms with Crippen LogP contribution in [-0.2, 0) is 16.2 Å². The van der Waals surface area contributed by atoms with Crippen LogP contribution in [0.1, 0.15) is 66.8 Å². The molecule has 3 aliphatic carbocycles. The zero-order chi connectivity index (χ0) is 62.7. The maximum Gasteiger partial charge on any atom is 0.0714 e. The van der Waals surface area contributed by atoms with Gasteiger partial charge in [0, 0.05) is 33.5 Å². The Morgan fingerprint density at radius 2 is 0.505 bits per heavy atom. The zero-order valence-electron chi connectivity index (χ0n) is 52.2. The lowest BCUT2D eigenvalue weighted by molar-refractivity contribution is 0.767. The molecule has 0 radical (unpaired) electrons. The molecule has 0 saturated heterocycles. The van der Waals surface area contributed by atoms with Crippen molar-refractivity contribution in [3.63, 3.8) is 0 Å². The van der Waals surface area contributed by atoms with Gasteiger partial charge in [-0.2, -0.15) is 0 Å². The molecule has 3 aliphatic rings. The number of aromatic nitrogens is 1. The van der Waals surface area contributed by atoms with E-state index in [1.165, 1.54) is 116 Å². The van der Waals surface area contributed by atoms with Crippen molar-refractivity contribution in [2.45, 2.75) is 16.2 Å². The number of anilines is 3. The molecule has 15 aromatic carbocycles. The van der Waals surface area contributed by atoms with Crippen LogP contribution in [0.4, 0.5) is 17.1 Å². The molecule has 0 amide bonds. The third-order valence-corrected chi connectivity index (χ3v) is 21.2. The molecule has 2 heteroatoms. The Morgan fingerprint density at radius 1 is 0.200 bits per heavy atom. The van der Waals surface area contributed by atoms with Crippen LogP contribution in [0.3, 0.4) is 0 Å². The SMILES string of the molecule is c1ccc(-n2c3ccc(-c4ccc(N(c5ccc6c(c5)C(c5ccccc5)(c5ccccc5)c5ccccc5-6)c5ccc6c(c5)C(c5ccccc5)(c5ccccc5)c5ccccc5-6)cc4)cc3c3cc(C4(c5ccccc5)c5ccccc5-c5ccccc54)ccc32)cc1. The van der Waals surface area contributed by atoms with Crippen molar-refractivity contribution in [3.05, 3.63) is 443 Å². The maximum absolute atomic E-state index is 2.51. The van der Waals surface area contributed by atoms with Gasteiger partial charge in [0.2, 0.25) is 0 Å². The molecule has 1 aromatic heterocycles. The van der Waals surface area contributed by atoms with Crippen LogP contribution in [0.5, 0.6) is 0 Å². The van der Waals surface area contributed by atoms with Crippen molar-refractivity contribution in [2.75, 3.05) is 4.90 Å². The summed E-state index contributed by atoms with van der Waals surface area (Å²) < 4.78 is 2.45. The van der Waals surface area contributed by atoms with Gasteiger partial charge >= 0.3 is 0 Å². The van der Waals surface area contributed by atoms with Crippen molar-refractivity contribution in [3.8, 4) is 50.2 Å². The van der Waals surface area contributed by atoms with Crippen LogP contribution in [0.2, 0.25) is 0 Å². The fourth-order valence-electron chi connectivity index (χ4n) is 17.4. The van der Waals surface area contributed by atoms with Crippen molar-refractivity contribution >= 4 is 38.9 Å². The van der Waals surface area contributed by atoms with E-state index in [0.717, 1.165) is 39.4 Å². The molecule has 16 aromatic rings. The number of fused-ring (bicyclic) bond motifs is 12. The van der Waals surface area contributed by atoms with Gasteiger partial charge in [-0.1, -0.05) is 303 Å². The summed E-state index contributed by atoms with van der Waals surface area (Å²) in [5.41, 5.74) is 30.0. The maximum atomic E-state index is 2.51. The lowest BCUT2D eigenvalue weighted by Gasteiger charge is -2.36. The van der Waals surface area contributed by atoms with E-state index < -0.39 is 16.2 Å². The third kappa shape index (κ3) is 7.86. The highest BCUT2D eigenvalue weighted by Gasteiger charge is 2.49. The third-order valence-electron chi connectivity index (χ3n) is 21.2. The number of rotatable bonds is 11. The molecular formula is C93H62N2. The fraction of sp³-hybridized carbons (Fsp3) is 0.0323. The summed E-state index contributed by atoms with van der Waals surface area (Å²) in [6.45, 7) is 0. The summed E-state index contributed by atoms with van der Waals surface area (Å²) in [7, 11) is 0. The van der Waals surface area contributed by atoms with Crippen LogP contribution < -0.4 is 4.90 Å². The molecule has 0 saturated carbocycles. The van der Waals surface area contributed by atoms with E-state index >= 15 is 0 Å². The number of hydrogen-bond acceptors (Lipinski definition) is 1. The number of benzene rings is 15. The van der Waals surface area contributed by atoms with E-state index in [1.54, 1.807) is 0 Å². The zero-order valence-corrected chi connectivity index (χ0v) is 52.2. The largest absolute Gasteiger partial charge is 0.310 e. The smallest absolute Gasteiger partial charge is 0.0714 e. The van der Waals surface area contributed by atoms with Gasteiger partial charge in [0.15, 0.2) is 0 Å². The fourth-order valence-corrected chi connectivity index (χ4v) is 17.4. The van der Waals surface area contributed by atoms with Gasteiger partial charge in [-0.3, -0.25) is 0 Å². The molecule has 0 spiro atoms. The Balaban J connectivity index is 0.818. The number of para-hydroxylation sites is 1. The van der Waals surface area contributed by atoms with Crippen LogP contribution >= 0.6 is 0 Å². The lowest BCUT2D eigenvalue weighted by Crippen LogP contribution is -2.29. The molecule has 0 atom stereocenters. The van der Waals surface area contributed by atoms with Gasteiger partial charge in [-0.25, -0.2) is 0 Å². The minimum atomic E-state index is -0.591. The highest BCUT2D eigenvalue weighted by atomic mass is 15.1. The van der Waals surface area contributed by atoms with Crippen LogP contribution in [0, 0.1) is 0 Å². The number of hydrogen-bond donors (Lipinski definition) is 0. The Kier molecular flexibility index (Phi) is 12.4. The minimum Gasteiger partial charge on any atom is -0.310 e. The van der Waals surface area contributed by atoms with Crippen molar-refractivity contribution < 1.29 is 0 Å². The molecule has 1 heterocycles. The van der Waals surface area contributed by atoms with Gasteiger partial charge in [0.05, 0.1) is 27.3 Å². The summed E-state index contributed by atoms with van der Waals surface area (Å²) in [6, 6.07) is 141. The Bertz CT molecular complexity index is 5330. The monoisotopic (exact) mass is 1210 g/mol. The second-order valence-electron chi connectivity index (χ2n) is 25.7. The summed E-state index contributed by atoms with van der Waals surface area (Å²) in [5, 5.41) is 2.42. The van der Waals surface area contributed by atoms with Gasteiger partial charge in [-0.15, -0.1) is 0 Å². The van der Waals surface area contributed by atoms with Gasteiger partial charge in [-0.05, 0) is 184 Å². The van der Waals surface area contributed by atoms with Crippen LogP contribution in [-0.4, -0.2) is 4.57 Å². The molecule has 19 rings (SSSR count). The Labute approximate surface area is 554 Å². The standard InChI is InChI=1S/C93H62N2/c1-7-27-65(28-8-1)91(66-29-9-2-10-30-66)83-43-23-21-41-77(83)79-55-53-73(61-87(79)91)94(74-54-56-80-78-42-22-24-44-84(78)92(88(80)62-74,67-31-11-3-12-32-67)68-33-13-4-14-34-68)72-51-47-63(48-52-72)64-49-57-89-81(59-64)82-60-70(50-58-90(82)95(89)71-37-17-6-18-38-71)93(69-35-15-5-16-36-69)85-45-25-19-39-75(85)76-40-20-26-46-86(76)93/h1-62H. The van der Waals surface area contributed by atoms with Crippen LogP contribution in [0.25, 0.3) is 72.0 Å². The summed E-state index contributed by atoms with van der Waals surface area (Å²) in [4.78, 5) is 2.51. The minimum absolute atomic E-state index is 0.538. The van der Waals surface area contributed by atoms with E-state index in [-0.39, 0.29) is 0 Å². The molecule has 0 bridgehead atoms. The van der Waals surface area contributed by atoms with Gasteiger partial charge in [0.1, 0.15) is 0 Å². The first kappa shape index (κ1) is 54.6. The van der Waals surface area contributed by atoms with Crippen molar-refractivity contribution in [1.82, 2.24) is 4.57 Å². The topological polar surface area (TPSA) is 8.17 Å². The molecule has 2 nitrogen and oxygen atoms in total. The predicted molar refractivity (Wildman–Crippen MR) is 393 cm³/mol. The summed E-state index contributed by atoms with van der Waals surface area (Å²) >= 11 is 0. The van der Waals surface area contributed by atoms with E-state index in [2.05, 4.69) is 386 Å². The lowest BCUT2D eigenvalue weighted by atomic mass is 9.67. The summed E-state index contributed by atoms with van der Waals surface area (Å²) in [6.07, 6.45) is 0. The average Bonchev–Trinajstić information content (AvgIpc) is 1.80. The van der Waals surface area contributed by atoms with Crippen molar-refractivity contribution in [1.29, 1.82) is 0 Å².